The summed E-state index contributed by atoms with van der Waals surface area (Å²) < 4.78 is 0. The van der Waals surface area contributed by atoms with Gasteiger partial charge in [-0.3, -0.25) is 25.8 Å². The average Bonchev–Trinajstić information content (AvgIpc) is 2.81. The number of anilines is 2. The lowest BCUT2D eigenvalue weighted by Crippen LogP contribution is -2.42. The van der Waals surface area contributed by atoms with Crippen molar-refractivity contribution in [3.05, 3.63) is 64.5 Å². The Kier molecular flexibility index (Phi) is 6.13. The lowest BCUT2D eigenvalue weighted by molar-refractivity contribution is -0.383. The third-order valence-corrected chi connectivity index (χ3v) is 5.88. The second-order valence-electron chi connectivity index (χ2n) is 7.90. The van der Waals surface area contributed by atoms with Gasteiger partial charge in [-0.05, 0) is 49.8 Å². The highest BCUT2D eigenvalue weighted by molar-refractivity contribution is 6.07. The van der Waals surface area contributed by atoms with Crippen LogP contribution in [0.25, 0.3) is 10.8 Å². The first kappa shape index (κ1) is 21.4. The Morgan fingerprint density at radius 2 is 1.88 bits per heavy atom. The van der Waals surface area contributed by atoms with Gasteiger partial charge in [-0.15, -0.1) is 0 Å². The monoisotopic (exact) mass is 435 g/mol. The summed E-state index contributed by atoms with van der Waals surface area (Å²) in [7, 11) is 3.87. The van der Waals surface area contributed by atoms with E-state index in [2.05, 4.69) is 32.8 Å². The Bertz CT molecular complexity index is 1140. The lowest BCUT2D eigenvalue weighted by Gasteiger charge is -2.35. The number of nitrogens with zero attached hydrogens (tertiary/aromatic N) is 5. The standard InChI is InChI=1S/C22H25N7O3/c1-27-12-10-16(11-13-27)28(2)21-19(29(31)32)20(23-14-24-21)25-26-22(30)18-9-5-7-15-6-3-4-8-17(15)18/h3-9,14,16H,10-13H2,1-2H3,(H,26,30)(H,23,24,25). The molecule has 0 unspecified atom stereocenters. The fourth-order valence-corrected chi connectivity index (χ4v) is 4.05. The first-order valence-corrected chi connectivity index (χ1v) is 10.4. The first-order valence-electron chi connectivity index (χ1n) is 10.4. The summed E-state index contributed by atoms with van der Waals surface area (Å²) >= 11 is 0. The van der Waals surface area contributed by atoms with E-state index in [9.17, 15) is 14.9 Å². The van der Waals surface area contributed by atoms with Crippen molar-refractivity contribution in [2.24, 2.45) is 0 Å². The van der Waals surface area contributed by atoms with Crippen LogP contribution < -0.4 is 15.8 Å². The van der Waals surface area contributed by atoms with E-state index in [1.807, 2.05) is 42.3 Å². The Balaban J connectivity index is 1.56. The number of hydrogen-bond acceptors (Lipinski definition) is 8. The van der Waals surface area contributed by atoms with Gasteiger partial charge in [-0.1, -0.05) is 36.4 Å². The summed E-state index contributed by atoms with van der Waals surface area (Å²) in [6.07, 6.45) is 3.03. The van der Waals surface area contributed by atoms with Crippen LogP contribution in [0.3, 0.4) is 0 Å². The topological polar surface area (TPSA) is 117 Å². The van der Waals surface area contributed by atoms with Crippen molar-refractivity contribution in [1.82, 2.24) is 20.3 Å². The molecule has 2 aromatic carbocycles. The molecular formula is C22H25N7O3. The lowest BCUT2D eigenvalue weighted by atomic mass is 10.0. The summed E-state index contributed by atoms with van der Waals surface area (Å²) in [6.45, 7) is 1.83. The molecule has 0 radical (unpaired) electrons. The van der Waals surface area contributed by atoms with Crippen molar-refractivity contribution < 1.29 is 9.72 Å². The van der Waals surface area contributed by atoms with Crippen molar-refractivity contribution in [3.63, 3.8) is 0 Å². The Labute approximate surface area is 185 Å². The Morgan fingerprint density at radius 3 is 2.62 bits per heavy atom. The summed E-state index contributed by atoms with van der Waals surface area (Å²) in [4.78, 5) is 36.5. The molecule has 1 amide bonds. The van der Waals surface area contributed by atoms with Crippen molar-refractivity contribution >= 4 is 34.0 Å². The van der Waals surface area contributed by atoms with Crippen LogP contribution in [0.5, 0.6) is 0 Å². The van der Waals surface area contributed by atoms with Crippen molar-refractivity contribution in [2.75, 3.05) is 37.5 Å². The highest BCUT2D eigenvalue weighted by Crippen LogP contribution is 2.33. The summed E-state index contributed by atoms with van der Waals surface area (Å²) in [6, 6.07) is 13.1. The van der Waals surface area contributed by atoms with E-state index >= 15 is 0 Å². The van der Waals surface area contributed by atoms with Gasteiger partial charge in [0, 0.05) is 18.7 Å². The number of fused-ring (bicyclic) bond motifs is 1. The molecule has 10 nitrogen and oxygen atoms in total. The molecule has 0 atom stereocenters. The number of carbonyl (C=O) groups excluding carboxylic acids is 1. The third-order valence-electron chi connectivity index (χ3n) is 5.88. The molecule has 1 fully saturated rings. The van der Waals surface area contributed by atoms with E-state index in [-0.39, 0.29) is 23.4 Å². The molecule has 1 aromatic heterocycles. The minimum absolute atomic E-state index is 0.0617. The van der Waals surface area contributed by atoms with Gasteiger partial charge < -0.3 is 9.80 Å². The van der Waals surface area contributed by atoms with Crippen LogP contribution in [0, 0.1) is 10.1 Å². The molecule has 1 aliphatic rings. The van der Waals surface area contributed by atoms with Crippen LogP contribution in [0.15, 0.2) is 48.8 Å². The van der Waals surface area contributed by atoms with Crippen LogP contribution in [0.1, 0.15) is 23.2 Å². The number of aromatic nitrogens is 2. The van der Waals surface area contributed by atoms with Gasteiger partial charge in [0.1, 0.15) is 6.33 Å². The van der Waals surface area contributed by atoms with E-state index in [4.69, 9.17) is 0 Å². The van der Waals surface area contributed by atoms with Gasteiger partial charge in [0.25, 0.3) is 5.91 Å². The molecular weight excluding hydrogens is 410 g/mol. The SMILES string of the molecule is CN1CCC(N(C)c2ncnc(NNC(=O)c3cccc4ccccc34)c2[N+](=O)[O-])CC1. The maximum Gasteiger partial charge on any atom is 0.355 e. The molecule has 0 aliphatic carbocycles. The Morgan fingerprint density at radius 1 is 1.16 bits per heavy atom. The average molecular weight is 435 g/mol. The third kappa shape index (κ3) is 4.30. The number of benzene rings is 2. The molecule has 0 saturated carbocycles. The molecule has 0 bridgehead atoms. The van der Waals surface area contributed by atoms with Gasteiger partial charge in [-0.25, -0.2) is 9.97 Å². The first-order chi connectivity index (χ1) is 15.5. The number of hydrazine groups is 1. The molecule has 3 aromatic rings. The normalized spacial score (nSPS) is 14.8. The Hall–Kier alpha value is -3.79. The predicted octanol–water partition coefficient (Wildman–Crippen LogP) is 2.83. The van der Waals surface area contributed by atoms with Crippen LogP contribution in [0.2, 0.25) is 0 Å². The maximum atomic E-state index is 12.8. The highest BCUT2D eigenvalue weighted by Gasteiger charge is 2.30. The molecule has 10 heteroatoms. The van der Waals surface area contributed by atoms with Crippen LogP contribution in [0.4, 0.5) is 17.3 Å². The number of carbonyl (C=O) groups is 1. The number of likely N-dealkylation sites (tertiary alicyclic amines) is 1. The number of rotatable bonds is 6. The van der Waals surface area contributed by atoms with Crippen LogP contribution in [-0.2, 0) is 0 Å². The molecule has 166 valence electrons. The van der Waals surface area contributed by atoms with E-state index in [0.29, 0.717) is 5.56 Å². The number of nitrogens with one attached hydrogen (secondary N) is 2. The summed E-state index contributed by atoms with van der Waals surface area (Å²) in [5, 5.41) is 13.6. The number of nitro groups is 1. The van der Waals surface area contributed by atoms with E-state index in [1.165, 1.54) is 6.33 Å². The number of piperidine rings is 1. The van der Waals surface area contributed by atoms with Crippen molar-refractivity contribution in [2.45, 2.75) is 18.9 Å². The van der Waals surface area contributed by atoms with Gasteiger partial charge in [0.05, 0.1) is 4.92 Å². The van der Waals surface area contributed by atoms with E-state index in [0.717, 1.165) is 36.7 Å². The molecule has 4 rings (SSSR count). The van der Waals surface area contributed by atoms with Gasteiger partial charge in [0.15, 0.2) is 0 Å². The molecule has 32 heavy (non-hydrogen) atoms. The molecule has 2 heterocycles. The zero-order chi connectivity index (χ0) is 22.7. The van der Waals surface area contributed by atoms with Gasteiger partial charge in [0.2, 0.25) is 11.6 Å². The minimum atomic E-state index is -0.521. The zero-order valence-electron chi connectivity index (χ0n) is 18.0. The second-order valence-corrected chi connectivity index (χ2v) is 7.90. The van der Waals surface area contributed by atoms with Crippen molar-refractivity contribution in [1.29, 1.82) is 0 Å². The van der Waals surface area contributed by atoms with E-state index < -0.39 is 10.8 Å². The molecule has 1 saturated heterocycles. The smallest absolute Gasteiger partial charge is 0.351 e. The summed E-state index contributed by atoms with van der Waals surface area (Å²) in [5.41, 5.74) is 5.36. The number of amides is 1. The fraction of sp³-hybridized carbons (Fsp3) is 0.318. The molecule has 0 spiro atoms. The van der Waals surface area contributed by atoms with Crippen molar-refractivity contribution in [3.8, 4) is 0 Å². The molecule has 2 N–H and O–H groups in total. The quantitative estimate of drug-likeness (QED) is 0.448. The van der Waals surface area contributed by atoms with Gasteiger partial charge in [-0.2, -0.15) is 0 Å². The zero-order valence-corrected chi connectivity index (χ0v) is 18.0. The summed E-state index contributed by atoms with van der Waals surface area (Å²) in [5.74, 6) is -0.255. The predicted molar refractivity (Wildman–Crippen MR) is 123 cm³/mol. The highest BCUT2D eigenvalue weighted by atomic mass is 16.6. The largest absolute Gasteiger partial charge is 0.355 e. The minimum Gasteiger partial charge on any atom is -0.351 e. The van der Waals surface area contributed by atoms with E-state index in [1.54, 1.807) is 12.1 Å². The maximum absolute atomic E-state index is 12.8. The second kappa shape index (κ2) is 9.15. The van der Waals surface area contributed by atoms with Gasteiger partial charge >= 0.3 is 5.69 Å². The molecule has 1 aliphatic heterocycles. The number of hydrogen-bond donors (Lipinski definition) is 2. The van der Waals surface area contributed by atoms with Crippen LogP contribution in [-0.4, -0.2) is 58.9 Å². The van der Waals surface area contributed by atoms with Crippen LogP contribution >= 0.6 is 0 Å². The fourth-order valence-electron chi connectivity index (χ4n) is 4.05.